The Bertz CT molecular complexity index is 585. The van der Waals surface area contributed by atoms with Gasteiger partial charge in [-0.25, -0.2) is 0 Å². The third-order valence-corrected chi connectivity index (χ3v) is 4.19. The summed E-state index contributed by atoms with van der Waals surface area (Å²) in [5.74, 6) is 1.34. The van der Waals surface area contributed by atoms with Gasteiger partial charge in [-0.05, 0) is 31.7 Å². The van der Waals surface area contributed by atoms with E-state index in [0.29, 0.717) is 5.89 Å². The second-order valence-corrected chi connectivity index (χ2v) is 6.04. The second-order valence-electron chi connectivity index (χ2n) is 6.04. The summed E-state index contributed by atoms with van der Waals surface area (Å²) in [5.41, 5.74) is 6.95. The zero-order valence-corrected chi connectivity index (χ0v) is 12.1. The fourth-order valence-corrected chi connectivity index (χ4v) is 2.80. The number of hydrogen-bond acceptors (Lipinski definition) is 4. The van der Waals surface area contributed by atoms with Gasteiger partial charge in [0, 0.05) is 0 Å². The van der Waals surface area contributed by atoms with E-state index in [9.17, 15) is 0 Å². The van der Waals surface area contributed by atoms with Crippen molar-refractivity contribution in [2.45, 2.75) is 50.5 Å². The van der Waals surface area contributed by atoms with Crippen molar-refractivity contribution in [3.8, 4) is 0 Å². The number of aromatic nitrogens is 2. The van der Waals surface area contributed by atoms with E-state index in [0.717, 1.165) is 31.5 Å². The van der Waals surface area contributed by atoms with Gasteiger partial charge in [-0.2, -0.15) is 4.98 Å². The SMILES string of the molecule is CCCC(C)(N)c1nc(C2(c3ccccc3)CC2)no1. The van der Waals surface area contributed by atoms with Crippen LogP contribution in [0.5, 0.6) is 0 Å². The molecule has 0 spiro atoms. The molecule has 1 saturated carbocycles. The van der Waals surface area contributed by atoms with E-state index in [-0.39, 0.29) is 5.41 Å². The predicted molar refractivity (Wildman–Crippen MR) is 77.2 cm³/mol. The van der Waals surface area contributed by atoms with Gasteiger partial charge < -0.3 is 10.3 Å². The van der Waals surface area contributed by atoms with Crippen LogP contribution in [-0.4, -0.2) is 10.1 Å². The van der Waals surface area contributed by atoms with Gasteiger partial charge in [0.2, 0.25) is 5.89 Å². The smallest absolute Gasteiger partial charge is 0.246 e. The quantitative estimate of drug-likeness (QED) is 0.907. The van der Waals surface area contributed by atoms with Crippen LogP contribution in [0, 0.1) is 0 Å². The molecule has 1 atom stereocenters. The lowest BCUT2D eigenvalue weighted by Gasteiger charge is -2.18. The molecule has 2 aromatic rings. The van der Waals surface area contributed by atoms with Crippen molar-refractivity contribution >= 4 is 0 Å². The van der Waals surface area contributed by atoms with Crippen LogP contribution < -0.4 is 5.73 Å². The summed E-state index contributed by atoms with van der Waals surface area (Å²) in [4.78, 5) is 4.61. The molecule has 1 aliphatic carbocycles. The van der Waals surface area contributed by atoms with E-state index in [1.54, 1.807) is 0 Å². The van der Waals surface area contributed by atoms with Crippen molar-refractivity contribution in [2.75, 3.05) is 0 Å². The molecule has 1 aromatic heterocycles. The maximum Gasteiger partial charge on any atom is 0.246 e. The predicted octanol–water partition coefficient (Wildman–Crippen LogP) is 3.12. The summed E-state index contributed by atoms with van der Waals surface area (Å²) in [6, 6.07) is 10.4. The van der Waals surface area contributed by atoms with E-state index in [1.165, 1.54) is 5.56 Å². The highest BCUT2D eigenvalue weighted by molar-refractivity contribution is 5.38. The highest BCUT2D eigenvalue weighted by atomic mass is 16.5. The molecule has 106 valence electrons. The maximum atomic E-state index is 6.27. The van der Waals surface area contributed by atoms with Crippen molar-refractivity contribution in [3.05, 3.63) is 47.6 Å². The molecule has 4 heteroatoms. The first-order valence-electron chi connectivity index (χ1n) is 7.27. The van der Waals surface area contributed by atoms with Gasteiger partial charge >= 0.3 is 0 Å². The molecule has 1 fully saturated rings. The highest BCUT2D eigenvalue weighted by Crippen LogP contribution is 2.52. The Labute approximate surface area is 119 Å². The Morgan fingerprint density at radius 1 is 1.30 bits per heavy atom. The van der Waals surface area contributed by atoms with Crippen molar-refractivity contribution < 1.29 is 4.52 Å². The Morgan fingerprint density at radius 3 is 2.60 bits per heavy atom. The summed E-state index contributed by atoms with van der Waals surface area (Å²) in [6.45, 7) is 4.06. The fraction of sp³-hybridized carbons (Fsp3) is 0.500. The molecule has 4 nitrogen and oxygen atoms in total. The summed E-state index contributed by atoms with van der Waals surface area (Å²) in [7, 11) is 0. The van der Waals surface area contributed by atoms with Gasteiger partial charge in [-0.1, -0.05) is 48.8 Å². The molecular weight excluding hydrogens is 250 g/mol. The van der Waals surface area contributed by atoms with Gasteiger partial charge in [0.15, 0.2) is 5.82 Å². The molecule has 1 aliphatic rings. The van der Waals surface area contributed by atoms with Crippen molar-refractivity contribution in [2.24, 2.45) is 5.73 Å². The molecule has 2 N–H and O–H groups in total. The molecule has 0 aliphatic heterocycles. The van der Waals surface area contributed by atoms with E-state index in [1.807, 2.05) is 13.0 Å². The van der Waals surface area contributed by atoms with Crippen LogP contribution >= 0.6 is 0 Å². The lowest BCUT2D eigenvalue weighted by atomic mass is 9.94. The molecule has 3 rings (SSSR count). The zero-order chi connectivity index (χ0) is 14.2. The molecule has 1 aromatic carbocycles. The lowest BCUT2D eigenvalue weighted by molar-refractivity contribution is 0.282. The molecule has 0 amide bonds. The Kier molecular flexibility index (Phi) is 3.13. The number of hydrogen-bond donors (Lipinski definition) is 1. The average Bonchev–Trinajstić information content (AvgIpc) is 3.09. The maximum absolute atomic E-state index is 6.27. The lowest BCUT2D eigenvalue weighted by Crippen LogP contribution is -2.33. The Balaban J connectivity index is 1.91. The summed E-state index contributed by atoms with van der Waals surface area (Å²) < 4.78 is 5.44. The minimum atomic E-state index is -0.535. The zero-order valence-electron chi connectivity index (χ0n) is 12.1. The normalized spacial score (nSPS) is 19.6. The molecule has 0 radical (unpaired) electrons. The minimum Gasteiger partial charge on any atom is -0.337 e. The van der Waals surface area contributed by atoms with Gasteiger partial charge in [0.05, 0.1) is 11.0 Å². The minimum absolute atomic E-state index is 0.0503. The van der Waals surface area contributed by atoms with Gasteiger partial charge in [0.1, 0.15) is 0 Å². The Morgan fingerprint density at radius 2 is 2.00 bits per heavy atom. The van der Waals surface area contributed by atoms with Gasteiger partial charge in [-0.15, -0.1) is 0 Å². The van der Waals surface area contributed by atoms with Crippen LogP contribution in [0.4, 0.5) is 0 Å². The van der Waals surface area contributed by atoms with E-state index < -0.39 is 5.54 Å². The third kappa shape index (κ3) is 2.14. The monoisotopic (exact) mass is 271 g/mol. The summed E-state index contributed by atoms with van der Waals surface area (Å²) in [5, 5.41) is 4.21. The number of rotatable bonds is 5. The number of nitrogens with two attached hydrogens (primary N) is 1. The molecule has 1 heterocycles. The van der Waals surface area contributed by atoms with Crippen LogP contribution in [0.1, 0.15) is 56.8 Å². The van der Waals surface area contributed by atoms with Crippen molar-refractivity contribution in [1.82, 2.24) is 10.1 Å². The molecule has 1 unspecified atom stereocenters. The fourth-order valence-electron chi connectivity index (χ4n) is 2.80. The van der Waals surface area contributed by atoms with Gasteiger partial charge in [0.25, 0.3) is 0 Å². The van der Waals surface area contributed by atoms with E-state index in [2.05, 4.69) is 41.3 Å². The molecular formula is C16H21N3O. The second kappa shape index (κ2) is 4.70. The highest BCUT2D eigenvalue weighted by Gasteiger charge is 2.50. The van der Waals surface area contributed by atoms with E-state index >= 15 is 0 Å². The van der Waals surface area contributed by atoms with Crippen molar-refractivity contribution in [1.29, 1.82) is 0 Å². The number of benzene rings is 1. The van der Waals surface area contributed by atoms with E-state index in [4.69, 9.17) is 10.3 Å². The van der Waals surface area contributed by atoms with Gasteiger partial charge in [-0.3, -0.25) is 0 Å². The average molecular weight is 271 g/mol. The Hall–Kier alpha value is -1.68. The first kappa shape index (κ1) is 13.3. The molecule has 0 saturated heterocycles. The largest absolute Gasteiger partial charge is 0.337 e. The standard InChI is InChI=1S/C16H21N3O/c1-3-9-15(2,17)14-18-13(19-20-14)16(10-11-16)12-7-5-4-6-8-12/h4-8H,3,9-11,17H2,1-2H3. The summed E-state index contributed by atoms with van der Waals surface area (Å²) >= 11 is 0. The topological polar surface area (TPSA) is 64.9 Å². The van der Waals surface area contributed by atoms with Crippen LogP contribution in [0.3, 0.4) is 0 Å². The first-order valence-corrected chi connectivity index (χ1v) is 7.27. The third-order valence-electron chi connectivity index (χ3n) is 4.19. The number of nitrogens with zero attached hydrogens (tertiary/aromatic N) is 2. The summed E-state index contributed by atoms with van der Waals surface area (Å²) in [6.07, 6.45) is 3.98. The molecule has 0 bridgehead atoms. The molecule has 20 heavy (non-hydrogen) atoms. The van der Waals surface area contributed by atoms with Crippen LogP contribution in [0.25, 0.3) is 0 Å². The first-order chi connectivity index (χ1) is 9.58. The van der Waals surface area contributed by atoms with Crippen LogP contribution in [0.2, 0.25) is 0 Å². The van der Waals surface area contributed by atoms with Crippen LogP contribution in [0.15, 0.2) is 34.9 Å². The van der Waals surface area contributed by atoms with Crippen LogP contribution in [-0.2, 0) is 11.0 Å². The van der Waals surface area contributed by atoms with Crippen molar-refractivity contribution in [3.63, 3.8) is 0 Å².